The number of hydrogen-bond acceptors (Lipinski definition) is 5. The lowest BCUT2D eigenvalue weighted by Crippen LogP contribution is -2.32. The minimum atomic E-state index is -0.938. The van der Waals surface area contributed by atoms with Crippen molar-refractivity contribution in [3.8, 4) is 0 Å². The van der Waals surface area contributed by atoms with Crippen LogP contribution in [0.25, 0.3) is 0 Å². The van der Waals surface area contributed by atoms with Gasteiger partial charge in [0.25, 0.3) is 0 Å². The quantitative estimate of drug-likeness (QED) is 0.789. The van der Waals surface area contributed by atoms with Crippen molar-refractivity contribution in [3.05, 3.63) is 22.5 Å². The number of nitrogens with zero attached hydrogens (tertiary/aromatic N) is 2. The zero-order valence-corrected chi connectivity index (χ0v) is 9.06. The van der Waals surface area contributed by atoms with Crippen LogP contribution in [0, 0.1) is 5.82 Å². The highest BCUT2D eigenvalue weighted by atomic mass is 19.1. The monoisotopic (exact) mass is 241 g/mol. The lowest BCUT2D eigenvalue weighted by atomic mass is 10.3. The Kier molecular flexibility index (Phi) is 3.08. The molecular formula is C10H12FN3O3. The van der Waals surface area contributed by atoms with Crippen LogP contribution in [0.4, 0.5) is 15.0 Å². The van der Waals surface area contributed by atoms with Crippen molar-refractivity contribution in [1.82, 2.24) is 9.55 Å². The molecule has 0 radical (unpaired) electrons. The largest absolute Gasteiger partial charge is 0.446 e. The number of halogens is 1. The maximum atomic E-state index is 13.1. The first-order valence-electron chi connectivity index (χ1n) is 5.33. The molecular weight excluding hydrogens is 229 g/mol. The third-order valence-electron chi connectivity index (χ3n) is 2.68. The molecule has 2 rings (SSSR count). The van der Waals surface area contributed by atoms with Gasteiger partial charge in [0.2, 0.25) is 0 Å². The highest BCUT2D eigenvalue weighted by Gasteiger charge is 2.21. The van der Waals surface area contributed by atoms with Crippen molar-refractivity contribution in [2.45, 2.75) is 31.8 Å². The van der Waals surface area contributed by atoms with E-state index in [4.69, 9.17) is 10.5 Å². The van der Waals surface area contributed by atoms with Gasteiger partial charge < -0.3 is 10.5 Å². The van der Waals surface area contributed by atoms with Crippen LogP contribution in [0.1, 0.15) is 25.7 Å². The Labute approximate surface area is 96.2 Å². The Morgan fingerprint density at radius 2 is 2.18 bits per heavy atom. The number of hydrogen-bond donors (Lipinski definition) is 1. The summed E-state index contributed by atoms with van der Waals surface area (Å²) in [6, 6.07) is 0. The maximum Gasteiger partial charge on any atom is 0.422 e. The van der Waals surface area contributed by atoms with Crippen LogP contribution in [-0.2, 0) is 4.74 Å². The third kappa shape index (κ3) is 2.43. The second-order valence-corrected chi connectivity index (χ2v) is 3.92. The van der Waals surface area contributed by atoms with E-state index in [-0.39, 0.29) is 6.10 Å². The second kappa shape index (κ2) is 4.52. The molecule has 0 bridgehead atoms. The van der Waals surface area contributed by atoms with E-state index in [9.17, 15) is 14.0 Å². The van der Waals surface area contributed by atoms with Crippen LogP contribution in [0.2, 0.25) is 0 Å². The molecule has 7 heteroatoms. The minimum Gasteiger partial charge on any atom is -0.446 e. The van der Waals surface area contributed by atoms with Crippen LogP contribution >= 0.6 is 0 Å². The summed E-state index contributed by atoms with van der Waals surface area (Å²) in [4.78, 5) is 26.1. The molecule has 2 N–H and O–H groups in total. The van der Waals surface area contributed by atoms with Gasteiger partial charge in [-0.25, -0.2) is 14.0 Å². The lowest BCUT2D eigenvalue weighted by molar-refractivity contribution is 0.101. The summed E-state index contributed by atoms with van der Waals surface area (Å²) in [5.74, 6) is -1.45. The fourth-order valence-electron chi connectivity index (χ4n) is 1.78. The number of nitrogen functional groups attached to an aromatic ring is 1. The van der Waals surface area contributed by atoms with Crippen LogP contribution in [0.15, 0.2) is 11.0 Å². The maximum absolute atomic E-state index is 13.1. The van der Waals surface area contributed by atoms with Gasteiger partial charge in [0, 0.05) is 0 Å². The first-order chi connectivity index (χ1) is 8.08. The first-order valence-corrected chi connectivity index (χ1v) is 5.33. The molecule has 1 heterocycles. The van der Waals surface area contributed by atoms with Crippen molar-refractivity contribution in [3.63, 3.8) is 0 Å². The first kappa shape index (κ1) is 11.6. The summed E-state index contributed by atoms with van der Waals surface area (Å²) in [5, 5.41) is 0. The molecule has 1 aromatic heterocycles. The minimum absolute atomic E-state index is 0.199. The molecule has 0 aromatic carbocycles. The van der Waals surface area contributed by atoms with Gasteiger partial charge in [-0.1, -0.05) is 0 Å². The van der Waals surface area contributed by atoms with Crippen LogP contribution in [-0.4, -0.2) is 21.7 Å². The van der Waals surface area contributed by atoms with Crippen molar-refractivity contribution >= 4 is 11.9 Å². The van der Waals surface area contributed by atoms with E-state index >= 15 is 0 Å². The number of anilines is 1. The van der Waals surface area contributed by atoms with Gasteiger partial charge in [-0.3, -0.25) is 0 Å². The van der Waals surface area contributed by atoms with E-state index in [2.05, 4.69) is 4.98 Å². The normalized spacial score (nSPS) is 16.1. The molecule has 0 spiro atoms. The molecule has 0 amide bonds. The molecule has 0 aliphatic heterocycles. The molecule has 1 aliphatic carbocycles. The van der Waals surface area contributed by atoms with E-state index in [0.717, 1.165) is 25.7 Å². The standard InChI is InChI=1S/C10H12FN3O3/c11-7-5-14(9(15)13-8(7)12)10(16)17-6-3-1-2-4-6/h5-6H,1-4H2,(H2,12,13,15). The topological polar surface area (TPSA) is 87.2 Å². The summed E-state index contributed by atoms with van der Waals surface area (Å²) >= 11 is 0. The zero-order valence-electron chi connectivity index (χ0n) is 9.06. The summed E-state index contributed by atoms with van der Waals surface area (Å²) in [7, 11) is 0. The zero-order chi connectivity index (χ0) is 12.4. The van der Waals surface area contributed by atoms with Gasteiger partial charge in [-0.05, 0) is 25.7 Å². The molecule has 6 nitrogen and oxygen atoms in total. The number of rotatable bonds is 1. The SMILES string of the molecule is Nc1nc(=O)n(C(=O)OC2CCCC2)cc1F. The van der Waals surface area contributed by atoms with Gasteiger partial charge >= 0.3 is 11.8 Å². The van der Waals surface area contributed by atoms with E-state index in [1.807, 2.05) is 0 Å². The van der Waals surface area contributed by atoms with Crippen LogP contribution in [0.3, 0.4) is 0 Å². The Morgan fingerprint density at radius 1 is 1.53 bits per heavy atom. The molecule has 0 atom stereocenters. The number of carbonyl (C=O) groups excluding carboxylic acids is 1. The van der Waals surface area contributed by atoms with Crippen molar-refractivity contribution < 1.29 is 13.9 Å². The fraction of sp³-hybridized carbons (Fsp3) is 0.500. The predicted octanol–water partition coefficient (Wildman–Crippen LogP) is 0.892. The van der Waals surface area contributed by atoms with Gasteiger partial charge in [-0.15, -0.1) is 0 Å². The molecule has 1 saturated carbocycles. The van der Waals surface area contributed by atoms with Crippen LogP contribution in [0.5, 0.6) is 0 Å². The highest BCUT2D eigenvalue weighted by molar-refractivity contribution is 5.70. The number of nitrogens with two attached hydrogens (primary N) is 1. The predicted molar refractivity (Wildman–Crippen MR) is 57.0 cm³/mol. The molecule has 1 aliphatic rings. The lowest BCUT2D eigenvalue weighted by Gasteiger charge is -2.11. The average molecular weight is 241 g/mol. The summed E-state index contributed by atoms with van der Waals surface area (Å²) < 4.78 is 18.6. The van der Waals surface area contributed by atoms with E-state index < -0.39 is 23.4 Å². The molecule has 0 unspecified atom stereocenters. The Hall–Kier alpha value is -1.92. The molecule has 17 heavy (non-hydrogen) atoms. The second-order valence-electron chi connectivity index (χ2n) is 3.92. The summed E-state index contributed by atoms with van der Waals surface area (Å²) in [6.07, 6.45) is 3.10. The molecule has 1 aromatic rings. The summed E-state index contributed by atoms with van der Waals surface area (Å²) in [5.41, 5.74) is 4.16. The smallest absolute Gasteiger partial charge is 0.422 e. The third-order valence-corrected chi connectivity index (χ3v) is 2.68. The molecule has 0 saturated heterocycles. The summed E-state index contributed by atoms with van der Waals surface area (Å²) in [6.45, 7) is 0. The average Bonchev–Trinajstić information content (AvgIpc) is 2.76. The Balaban J connectivity index is 2.18. The van der Waals surface area contributed by atoms with E-state index in [1.165, 1.54) is 0 Å². The van der Waals surface area contributed by atoms with Gasteiger partial charge in [0.15, 0.2) is 11.6 Å². The number of ether oxygens (including phenoxy) is 1. The Morgan fingerprint density at radius 3 is 2.82 bits per heavy atom. The molecule has 1 fully saturated rings. The van der Waals surface area contributed by atoms with Gasteiger partial charge in [0.05, 0.1) is 6.20 Å². The Bertz CT molecular complexity index is 494. The number of aromatic nitrogens is 2. The number of carbonyl (C=O) groups is 1. The van der Waals surface area contributed by atoms with E-state index in [1.54, 1.807) is 0 Å². The highest BCUT2D eigenvalue weighted by Crippen LogP contribution is 2.21. The van der Waals surface area contributed by atoms with E-state index in [0.29, 0.717) is 10.8 Å². The van der Waals surface area contributed by atoms with Crippen molar-refractivity contribution in [2.24, 2.45) is 0 Å². The van der Waals surface area contributed by atoms with Crippen molar-refractivity contribution in [1.29, 1.82) is 0 Å². The fourth-order valence-corrected chi connectivity index (χ4v) is 1.78. The van der Waals surface area contributed by atoms with Crippen molar-refractivity contribution in [2.75, 3.05) is 5.73 Å². The van der Waals surface area contributed by atoms with Gasteiger partial charge in [0.1, 0.15) is 6.10 Å². The van der Waals surface area contributed by atoms with Crippen LogP contribution < -0.4 is 11.4 Å². The van der Waals surface area contributed by atoms with Gasteiger partial charge in [-0.2, -0.15) is 9.55 Å². The molecule has 92 valence electrons.